The number of nitrogens with zero attached hydrogens (tertiary/aromatic N) is 3. The number of hydrogen-bond donors (Lipinski definition) is 1. The van der Waals surface area contributed by atoms with E-state index in [2.05, 4.69) is 20.4 Å². The lowest BCUT2D eigenvalue weighted by Crippen LogP contribution is -2.40. The Morgan fingerprint density at radius 2 is 1.83 bits per heavy atom. The molecule has 1 N–H and O–H groups in total. The summed E-state index contributed by atoms with van der Waals surface area (Å²) in [6, 6.07) is 10.8. The molecule has 1 amide bonds. The lowest BCUT2D eigenvalue weighted by Gasteiger charge is -2.31. The van der Waals surface area contributed by atoms with Gasteiger partial charge in [-0.3, -0.25) is 9.69 Å². The average Bonchev–Trinajstić information content (AvgIpc) is 3.36. The van der Waals surface area contributed by atoms with Crippen molar-refractivity contribution in [3.8, 4) is 34.4 Å². The van der Waals surface area contributed by atoms with Crippen LogP contribution in [0.2, 0.25) is 0 Å². The molecule has 2 aromatic carbocycles. The van der Waals surface area contributed by atoms with Crippen LogP contribution >= 0.6 is 0 Å². The summed E-state index contributed by atoms with van der Waals surface area (Å²) in [5.41, 5.74) is 1.38. The highest BCUT2D eigenvalue weighted by Crippen LogP contribution is 2.32. The number of anilines is 1. The number of rotatable bonds is 9. The van der Waals surface area contributed by atoms with E-state index < -0.39 is 0 Å². The molecule has 1 fully saturated rings. The molecule has 1 saturated heterocycles. The van der Waals surface area contributed by atoms with Crippen molar-refractivity contribution < 1.29 is 28.3 Å². The van der Waals surface area contributed by atoms with E-state index in [4.69, 9.17) is 23.5 Å². The number of methoxy groups -OCH3 is 4. The molecule has 10 heteroatoms. The van der Waals surface area contributed by atoms with Crippen LogP contribution < -0.4 is 24.3 Å². The molecule has 35 heavy (non-hydrogen) atoms. The molecule has 0 spiro atoms. The van der Waals surface area contributed by atoms with Crippen LogP contribution in [0.4, 0.5) is 5.69 Å². The molecular formula is C25H30N4O6. The van der Waals surface area contributed by atoms with Crippen molar-refractivity contribution in [2.45, 2.75) is 19.4 Å². The van der Waals surface area contributed by atoms with Crippen LogP contribution in [-0.4, -0.2) is 62.5 Å². The number of aromatic nitrogens is 2. The van der Waals surface area contributed by atoms with Crippen LogP contribution in [0.3, 0.4) is 0 Å². The second-order valence-corrected chi connectivity index (χ2v) is 8.21. The second-order valence-electron chi connectivity index (χ2n) is 8.21. The van der Waals surface area contributed by atoms with Gasteiger partial charge in [0.1, 0.15) is 11.5 Å². The minimum Gasteiger partial charge on any atom is -0.497 e. The topological polar surface area (TPSA) is 108 Å². The van der Waals surface area contributed by atoms with E-state index in [0.29, 0.717) is 53.5 Å². The number of ether oxygens (including phenoxy) is 4. The monoisotopic (exact) mass is 482 g/mol. The highest BCUT2D eigenvalue weighted by Gasteiger charge is 2.27. The van der Waals surface area contributed by atoms with Crippen LogP contribution in [0.5, 0.6) is 23.0 Å². The molecule has 4 rings (SSSR count). The first-order chi connectivity index (χ1) is 17.0. The summed E-state index contributed by atoms with van der Waals surface area (Å²) in [6.45, 7) is 1.91. The molecule has 1 aliphatic rings. The van der Waals surface area contributed by atoms with Crippen molar-refractivity contribution in [1.29, 1.82) is 0 Å². The van der Waals surface area contributed by atoms with Crippen LogP contribution in [-0.2, 0) is 11.3 Å². The lowest BCUT2D eigenvalue weighted by molar-refractivity contribution is -0.121. The number of amides is 1. The quantitative estimate of drug-likeness (QED) is 0.489. The van der Waals surface area contributed by atoms with Crippen LogP contribution in [0.25, 0.3) is 11.4 Å². The molecular weight excluding hydrogens is 452 g/mol. The molecule has 10 nitrogen and oxygen atoms in total. The van der Waals surface area contributed by atoms with Gasteiger partial charge in [-0.05, 0) is 49.7 Å². The fourth-order valence-corrected chi connectivity index (χ4v) is 4.15. The number of benzene rings is 2. The van der Waals surface area contributed by atoms with Gasteiger partial charge in [0.2, 0.25) is 17.6 Å². The minimum absolute atomic E-state index is 0.0466. The highest BCUT2D eigenvalue weighted by molar-refractivity contribution is 5.94. The predicted molar refractivity (Wildman–Crippen MR) is 129 cm³/mol. The van der Waals surface area contributed by atoms with Crippen LogP contribution in [0.1, 0.15) is 18.7 Å². The molecule has 1 atom stereocenters. The molecule has 2 heterocycles. The smallest absolute Gasteiger partial charge is 0.241 e. The molecule has 0 saturated carbocycles. The summed E-state index contributed by atoms with van der Waals surface area (Å²) in [6.07, 6.45) is 1.70. The SMILES string of the molecule is COc1ccc(NC(=O)C2CCCN(Cc3nc(-c4ccc(OC)c(OC)c4)no3)C2)c(OC)c1. The maximum Gasteiger partial charge on any atom is 0.241 e. The molecule has 0 radical (unpaired) electrons. The van der Waals surface area contributed by atoms with Gasteiger partial charge < -0.3 is 28.8 Å². The van der Waals surface area contributed by atoms with Gasteiger partial charge in [-0.25, -0.2) is 0 Å². The first kappa shape index (κ1) is 24.3. The van der Waals surface area contributed by atoms with Gasteiger partial charge in [0, 0.05) is 18.2 Å². The molecule has 0 bridgehead atoms. The Bertz CT molecular complexity index is 1160. The van der Waals surface area contributed by atoms with Gasteiger partial charge in [-0.1, -0.05) is 5.16 Å². The summed E-state index contributed by atoms with van der Waals surface area (Å²) in [7, 11) is 6.32. The first-order valence-corrected chi connectivity index (χ1v) is 11.3. The Morgan fingerprint density at radius 1 is 1.03 bits per heavy atom. The molecule has 1 aliphatic heterocycles. The van der Waals surface area contributed by atoms with Gasteiger partial charge in [0.25, 0.3) is 0 Å². The van der Waals surface area contributed by atoms with E-state index in [1.165, 1.54) is 0 Å². The van der Waals surface area contributed by atoms with E-state index in [0.717, 1.165) is 24.9 Å². The maximum absolute atomic E-state index is 13.0. The van der Waals surface area contributed by atoms with E-state index in [9.17, 15) is 4.79 Å². The lowest BCUT2D eigenvalue weighted by atomic mass is 9.97. The zero-order valence-corrected chi connectivity index (χ0v) is 20.4. The molecule has 3 aromatic rings. The van der Waals surface area contributed by atoms with Crippen molar-refractivity contribution in [1.82, 2.24) is 15.0 Å². The fraction of sp³-hybridized carbons (Fsp3) is 0.400. The minimum atomic E-state index is -0.163. The zero-order chi connectivity index (χ0) is 24.8. The molecule has 1 aromatic heterocycles. The Hall–Kier alpha value is -3.79. The molecule has 1 unspecified atom stereocenters. The van der Waals surface area contributed by atoms with Gasteiger partial charge >= 0.3 is 0 Å². The largest absolute Gasteiger partial charge is 0.497 e. The van der Waals surface area contributed by atoms with Gasteiger partial charge in [0.15, 0.2) is 11.5 Å². The summed E-state index contributed by atoms with van der Waals surface area (Å²) < 4.78 is 26.8. The Labute approximate surface area is 204 Å². The average molecular weight is 483 g/mol. The zero-order valence-electron chi connectivity index (χ0n) is 20.4. The third-order valence-electron chi connectivity index (χ3n) is 6.01. The summed E-state index contributed by atoms with van der Waals surface area (Å²) in [4.78, 5) is 19.7. The predicted octanol–water partition coefficient (Wildman–Crippen LogP) is 3.62. The first-order valence-electron chi connectivity index (χ1n) is 11.3. The third-order valence-corrected chi connectivity index (χ3v) is 6.01. The Morgan fingerprint density at radius 3 is 2.57 bits per heavy atom. The van der Waals surface area contributed by atoms with Crippen LogP contribution in [0.15, 0.2) is 40.9 Å². The number of piperidine rings is 1. The Balaban J connectivity index is 1.39. The number of likely N-dealkylation sites (tertiary alicyclic amines) is 1. The summed E-state index contributed by atoms with van der Waals surface area (Å²) in [5.74, 6) is 3.19. The highest BCUT2D eigenvalue weighted by atomic mass is 16.5. The standard InChI is InChI=1S/C25H30N4O6/c1-31-18-8-9-19(21(13-18)33-3)26-25(30)17-6-5-11-29(14-17)15-23-27-24(28-35-23)16-7-10-20(32-2)22(12-16)34-4/h7-10,12-13,17H,5-6,11,14-15H2,1-4H3,(H,26,30). The normalized spacial score (nSPS) is 15.9. The summed E-state index contributed by atoms with van der Waals surface area (Å²) >= 11 is 0. The van der Waals surface area contributed by atoms with Crippen molar-refractivity contribution in [2.24, 2.45) is 5.92 Å². The molecule has 0 aliphatic carbocycles. The van der Waals surface area contributed by atoms with Gasteiger partial charge in [0.05, 0.1) is 46.6 Å². The second kappa shape index (κ2) is 11.1. The van der Waals surface area contributed by atoms with Crippen molar-refractivity contribution >= 4 is 11.6 Å². The van der Waals surface area contributed by atoms with E-state index in [1.807, 2.05) is 12.1 Å². The number of hydrogen-bond acceptors (Lipinski definition) is 9. The van der Waals surface area contributed by atoms with E-state index in [-0.39, 0.29) is 11.8 Å². The fourth-order valence-electron chi connectivity index (χ4n) is 4.15. The molecule has 186 valence electrons. The van der Waals surface area contributed by atoms with E-state index in [1.54, 1.807) is 52.7 Å². The van der Waals surface area contributed by atoms with Gasteiger partial charge in [-0.15, -0.1) is 0 Å². The van der Waals surface area contributed by atoms with Crippen LogP contribution in [0, 0.1) is 5.92 Å². The number of nitrogens with one attached hydrogen (secondary N) is 1. The van der Waals surface area contributed by atoms with Crippen molar-refractivity contribution in [3.05, 3.63) is 42.3 Å². The van der Waals surface area contributed by atoms with Crippen molar-refractivity contribution in [3.63, 3.8) is 0 Å². The van der Waals surface area contributed by atoms with E-state index >= 15 is 0 Å². The maximum atomic E-state index is 13.0. The number of carbonyl (C=O) groups is 1. The number of carbonyl (C=O) groups excluding carboxylic acids is 1. The van der Waals surface area contributed by atoms with Gasteiger partial charge in [-0.2, -0.15) is 4.98 Å². The summed E-state index contributed by atoms with van der Waals surface area (Å²) in [5, 5.41) is 7.11. The third kappa shape index (κ3) is 5.65. The Kier molecular flexibility index (Phi) is 7.71. The van der Waals surface area contributed by atoms with Crippen molar-refractivity contribution in [2.75, 3.05) is 46.8 Å².